The molecule has 0 radical (unpaired) electrons. The highest BCUT2D eigenvalue weighted by Gasteiger charge is 2.40. The van der Waals surface area contributed by atoms with Crippen molar-refractivity contribution in [3.8, 4) is 0 Å². The molecule has 0 bridgehead atoms. The van der Waals surface area contributed by atoms with Crippen LogP contribution >= 0.6 is 0 Å². The molecule has 23 heavy (non-hydrogen) atoms. The number of carbonyl (C=O) groups is 1. The van der Waals surface area contributed by atoms with Crippen molar-refractivity contribution >= 4 is 16.8 Å². The maximum Gasteiger partial charge on any atom is 0.248 e. The lowest BCUT2D eigenvalue weighted by molar-refractivity contribution is 0.00723. The van der Waals surface area contributed by atoms with E-state index in [4.69, 9.17) is 10.5 Å². The summed E-state index contributed by atoms with van der Waals surface area (Å²) in [7, 11) is 0. The molecular weight excluding hydrogens is 290 g/mol. The number of aromatic nitrogens is 2. The Morgan fingerprint density at radius 3 is 2.87 bits per heavy atom. The summed E-state index contributed by atoms with van der Waals surface area (Å²) < 4.78 is 6.09. The molecule has 1 atom stereocenters. The van der Waals surface area contributed by atoms with Gasteiger partial charge in [0, 0.05) is 34.5 Å². The van der Waals surface area contributed by atoms with Gasteiger partial charge in [-0.3, -0.25) is 14.8 Å². The van der Waals surface area contributed by atoms with Gasteiger partial charge in [0.25, 0.3) is 0 Å². The summed E-state index contributed by atoms with van der Waals surface area (Å²) >= 11 is 0. The van der Waals surface area contributed by atoms with Crippen molar-refractivity contribution in [1.82, 2.24) is 9.97 Å². The number of ether oxygens (including phenoxy) is 1. The molecule has 114 valence electrons. The number of nitrogens with two attached hydrogens (primary N) is 1. The molecule has 1 aliphatic rings. The predicted molar refractivity (Wildman–Crippen MR) is 85.7 cm³/mol. The van der Waals surface area contributed by atoms with Crippen LogP contribution in [0.5, 0.6) is 0 Å². The number of pyridine rings is 2. The predicted octanol–water partition coefficient (Wildman–Crippen LogP) is 2.52. The largest absolute Gasteiger partial charge is 0.366 e. The standard InChI is InChI=1S/C18H15N3O2/c1-18(15-4-2-3-7-20-15)16-12(10-23-18)9-21-14-6-5-11(17(19)22)8-13(14)16/h2-9H,10H2,1H3,(H2,19,22). The Hall–Kier alpha value is -2.79. The van der Waals surface area contributed by atoms with E-state index in [0.717, 1.165) is 27.7 Å². The van der Waals surface area contributed by atoms with E-state index in [0.29, 0.717) is 12.2 Å². The van der Waals surface area contributed by atoms with Crippen LogP contribution in [0.1, 0.15) is 34.1 Å². The van der Waals surface area contributed by atoms with Crippen LogP contribution in [0.3, 0.4) is 0 Å². The first-order chi connectivity index (χ1) is 11.1. The van der Waals surface area contributed by atoms with Crippen LogP contribution in [-0.4, -0.2) is 15.9 Å². The Morgan fingerprint density at radius 2 is 2.13 bits per heavy atom. The van der Waals surface area contributed by atoms with E-state index in [1.54, 1.807) is 18.3 Å². The zero-order chi connectivity index (χ0) is 16.0. The molecule has 0 aliphatic carbocycles. The molecule has 2 N–H and O–H groups in total. The van der Waals surface area contributed by atoms with Gasteiger partial charge in [-0.15, -0.1) is 0 Å². The van der Waals surface area contributed by atoms with Crippen molar-refractivity contribution in [3.63, 3.8) is 0 Å². The first kappa shape index (κ1) is 13.8. The summed E-state index contributed by atoms with van der Waals surface area (Å²) in [6, 6.07) is 11.1. The van der Waals surface area contributed by atoms with Gasteiger partial charge >= 0.3 is 0 Å². The lowest BCUT2D eigenvalue weighted by Crippen LogP contribution is -2.24. The summed E-state index contributed by atoms with van der Waals surface area (Å²) in [6.07, 6.45) is 3.58. The first-order valence-electron chi connectivity index (χ1n) is 7.37. The molecule has 0 saturated carbocycles. The number of amides is 1. The van der Waals surface area contributed by atoms with E-state index in [1.165, 1.54) is 0 Å². The van der Waals surface area contributed by atoms with Crippen molar-refractivity contribution in [2.24, 2.45) is 5.73 Å². The third kappa shape index (κ3) is 2.01. The second kappa shape index (κ2) is 4.86. The van der Waals surface area contributed by atoms with Crippen molar-refractivity contribution in [1.29, 1.82) is 0 Å². The number of carbonyl (C=O) groups excluding carboxylic acids is 1. The highest BCUT2D eigenvalue weighted by atomic mass is 16.5. The van der Waals surface area contributed by atoms with Gasteiger partial charge in [0.1, 0.15) is 5.60 Å². The third-order valence-electron chi connectivity index (χ3n) is 4.38. The van der Waals surface area contributed by atoms with Crippen LogP contribution in [0.4, 0.5) is 0 Å². The minimum Gasteiger partial charge on any atom is -0.366 e. The maximum atomic E-state index is 11.5. The molecule has 0 saturated heterocycles. The molecule has 1 unspecified atom stereocenters. The van der Waals surface area contributed by atoms with Gasteiger partial charge in [-0.05, 0) is 37.3 Å². The summed E-state index contributed by atoms with van der Waals surface area (Å²) in [5, 5.41) is 0.879. The number of primary amides is 1. The second-order valence-electron chi connectivity index (χ2n) is 5.79. The van der Waals surface area contributed by atoms with E-state index >= 15 is 0 Å². The van der Waals surface area contributed by atoms with Crippen molar-refractivity contribution < 1.29 is 9.53 Å². The molecule has 3 aromatic rings. The van der Waals surface area contributed by atoms with Gasteiger partial charge in [-0.1, -0.05) is 6.07 Å². The minimum atomic E-state index is -0.673. The smallest absolute Gasteiger partial charge is 0.248 e. The molecule has 1 aliphatic heterocycles. The molecule has 2 aromatic heterocycles. The van der Waals surface area contributed by atoms with E-state index in [-0.39, 0.29) is 0 Å². The van der Waals surface area contributed by atoms with Gasteiger partial charge in [-0.25, -0.2) is 0 Å². The number of rotatable bonds is 2. The molecule has 1 amide bonds. The summed E-state index contributed by atoms with van der Waals surface area (Å²) in [6.45, 7) is 2.46. The number of hydrogen-bond acceptors (Lipinski definition) is 4. The van der Waals surface area contributed by atoms with E-state index in [9.17, 15) is 4.79 Å². The summed E-state index contributed by atoms with van der Waals surface area (Å²) in [4.78, 5) is 20.5. The average molecular weight is 305 g/mol. The fourth-order valence-corrected chi connectivity index (χ4v) is 3.20. The summed E-state index contributed by atoms with van der Waals surface area (Å²) in [5.41, 5.74) is 8.86. The Kier molecular flexibility index (Phi) is 2.92. The Balaban J connectivity index is 2.03. The molecule has 1 aromatic carbocycles. The van der Waals surface area contributed by atoms with E-state index < -0.39 is 11.5 Å². The fraction of sp³-hybridized carbons (Fsp3) is 0.167. The highest BCUT2D eigenvalue weighted by Crippen LogP contribution is 2.43. The first-order valence-corrected chi connectivity index (χ1v) is 7.37. The third-order valence-corrected chi connectivity index (χ3v) is 4.38. The Bertz CT molecular complexity index is 924. The van der Waals surface area contributed by atoms with E-state index in [1.807, 2.05) is 37.4 Å². The molecule has 0 spiro atoms. The van der Waals surface area contributed by atoms with Gasteiger partial charge in [0.05, 0.1) is 17.8 Å². The Morgan fingerprint density at radius 1 is 1.26 bits per heavy atom. The zero-order valence-electron chi connectivity index (χ0n) is 12.6. The maximum absolute atomic E-state index is 11.5. The zero-order valence-corrected chi connectivity index (χ0v) is 12.6. The van der Waals surface area contributed by atoms with Crippen molar-refractivity contribution in [2.45, 2.75) is 19.1 Å². The minimum absolute atomic E-state index is 0.456. The number of fused-ring (bicyclic) bond motifs is 3. The molecule has 0 fully saturated rings. The van der Waals surface area contributed by atoms with Gasteiger partial charge < -0.3 is 10.5 Å². The van der Waals surface area contributed by atoms with Gasteiger partial charge in [0.15, 0.2) is 0 Å². The van der Waals surface area contributed by atoms with Crippen LogP contribution in [-0.2, 0) is 16.9 Å². The SMILES string of the molecule is CC1(c2ccccn2)OCc2cnc3ccc(C(N)=O)cc3c21. The van der Waals surface area contributed by atoms with Crippen LogP contribution < -0.4 is 5.73 Å². The normalized spacial score (nSPS) is 19.7. The monoisotopic (exact) mass is 305 g/mol. The molecule has 5 nitrogen and oxygen atoms in total. The fourth-order valence-electron chi connectivity index (χ4n) is 3.20. The number of benzene rings is 1. The number of hydrogen-bond donors (Lipinski definition) is 1. The second-order valence-corrected chi connectivity index (χ2v) is 5.79. The van der Waals surface area contributed by atoms with Crippen LogP contribution in [0.2, 0.25) is 0 Å². The van der Waals surface area contributed by atoms with Crippen molar-refractivity contribution in [3.05, 3.63) is 71.2 Å². The van der Waals surface area contributed by atoms with Gasteiger partial charge in [0.2, 0.25) is 5.91 Å². The topological polar surface area (TPSA) is 78.1 Å². The molecule has 5 heteroatoms. The van der Waals surface area contributed by atoms with Gasteiger partial charge in [-0.2, -0.15) is 0 Å². The summed E-state index contributed by atoms with van der Waals surface area (Å²) in [5.74, 6) is -0.456. The molecular formula is C18H15N3O2. The van der Waals surface area contributed by atoms with Crippen molar-refractivity contribution in [2.75, 3.05) is 0 Å². The quantitative estimate of drug-likeness (QED) is 0.789. The van der Waals surface area contributed by atoms with E-state index in [2.05, 4.69) is 9.97 Å². The number of nitrogens with zero attached hydrogens (tertiary/aromatic N) is 2. The van der Waals surface area contributed by atoms with Crippen LogP contribution in [0.25, 0.3) is 10.9 Å². The highest BCUT2D eigenvalue weighted by molar-refractivity contribution is 5.98. The van der Waals surface area contributed by atoms with Crippen LogP contribution in [0.15, 0.2) is 48.8 Å². The molecule has 4 rings (SSSR count). The van der Waals surface area contributed by atoms with Crippen LogP contribution in [0, 0.1) is 0 Å². The Labute approximate surface area is 133 Å². The lowest BCUT2D eigenvalue weighted by Gasteiger charge is -2.25. The molecule has 3 heterocycles. The average Bonchev–Trinajstić information content (AvgIpc) is 2.94. The lowest BCUT2D eigenvalue weighted by atomic mass is 9.88.